The molecule has 0 amide bonds. The average Bonchev–Trinajstić information content (AvgIpc) is 2.93. The van der Waals surface area contributed by atoms with Crippen molar-refractivity contribution in [3.05, 3.63) is 75.7 Å². The molecule has 0 spiro atoms. The van der Waals surface area contributed by atoms with Crippen LogP contribution in [0.25, 0.3) is 21.8 Å². The molecule has 0 aliphatic rings. The smallest absolute Gasteiger partial charge is 0.119 e. The first-order chi connectivity index (χ1) is 12.6. The predicted octanol–water partition coefficient (Wildman–Crippen LogP) is 7.03. The number of benzene rings is 3. The number of nitrogens with zero attached hydrogens (tertiary/aromatic N) is 1. The van der Waals surface area contributed by atoms with Crippen LogP contribution in [0, 0.1) is 5.92 Å². The first kappa shape index (κ1) is 17.6. The van der Waals surface area contributed by atoms with Crippen molar-refractivity contribution in [2.45, 2.75) is 13.5 Å². The Morgan fingerprint density at radius 3 is 2.00 bits per heavy atom. The van der Waals surface area contributed by atoms with Crippen LogP contribution in [-0.2, 0) is 6.54 Å². The van der Waals surface area contributed by atoms with Gasteiger partial charge in [-0.15, -0.1) is 0 Å². The van der Waals surface area contributed by atoms with Gasteiger partial charge in [0.05, 0.1) is 6.61 Å². The fourth-order valence-corrected chi connectivity index (χ4v) is 4.09. The maximum Gasteiger partial charge on any atom is 0.119 e. The molecule has 0 unspecified atom stereocenters. The Hall–Kier alpha value is -1.78. The molecule has 0 aliphatic carbocycles. The van der Waals surface area contributed by atoms with Crippen molar-refractivity contribution in [2.75, 3.05) is 6.61 Å². The van der Waals surface area contributed by atoms with E-state index in [2.05, 4.69) is 79.7 Å². The van der Waals surface area contributed by atoms with Crippen LogP contribution in [0.1, 0.15) is 6.92 Å². The van der Waals surface area contributed by atoms with Gasteiger partial charge in [0, 0.05) is 43.2 Å². The SMILES string of the molecule is C[C@@H](COc1ccccc1)Cn1c2ccc(Br)cc2c2cc(Br)ccc21. The van der Waals surface area contributed by atoms with E-state index in [4.69, 9.17) is 4.74 Å². The van der Waals surface area contributed by atoms with E-state index >= 15 is 0 Å². The number of ether oxygens (including phenoxy) is 1. The summed E-state index contributed by atoms with van der Waals surface area (Å²) in [5.74, 6) is 1.32. The molecule has 0 bridgehead atoms. The molecule has 2 nitrogen and oxygen atoms in total. The first-order valence-electron chi connectivity index (χ1n) is 8.66. The van der Waals surface area contributed by atoms with Crippen LogP contribution in [0.15, 0.2) is 75.7 Å². The molecule has 0 N–H and O–H groups in total. The van der Waals surface area contributed by atoms with E-state index in [-0.39, 0.29) is 0 Å². The molecular formula is C22H19Br2NO. The van der Waals surface area contributed by atoms with E-state index in [1.54, 1.807) is 0 Å². The Labute approximate surface area is 170 Å². The highest BCUT2D eigenvalue weighted by Crippen LogP contribution is 2.33. The normalized spacial score (nSPS) is 12.6. The molecule has 4 aromatic rings. The number of hydrogen-bond acceptors (Lipinski definition) is 1. The fraction of sp³-hybridized carbons (Fsp3) is 0.182. The number of para-hydroxylation sites is 1. The van der Waals surface area contributed by atoms with Gasteiger partial charge in [-0.05, 0) is 48.5 Å². The minimum atomic E-state index is 0.390. The van der Waals surface area contributed by atoms with E-state index in [1.165, 1.54) is 21.8 Å². The van der Waals surface area contributed by atoms with E-state index in [0.29, 0.717) is 12.5 Å². The zero-order valence-corrected chi connectivity index (χ0v) is 17.6. The molecular weight excluding hydrogens is 454 g/mol. The summed E-state index contributed by atoms with van der Waals surface area (Å²) in [5, 5.41) is 2.54. The van der Waals surface area contributed by atoms with Crippen LogP contribution in [0.4, 0.5) is 0 Å². The summed E-state index contributed by atoms with van der Waals surface area (Å²) < 4.78 is 10.6. The number of rotatable bonds is 5. The van der Waals surface area contributed by atoms with Crippen LogP contribution in [0.3, 0.4) is 0 Å². The van der Waals surface area contributed by atoms with Crippen molar-refractivity contribution >= 4 is 53.7 Å². The lowest BCUT2D eigenvalue weighted by Gasteiger charge is -2.16. The van der Waals surface area contributed by atoms with Crippen LogP contribution in [0.2, 0.25) is 0 Å². The van der Waals surface area contributed by atoms with E-state index in [0.717, 1.165) is 21.2 Å². The second kappa shape index (κ2) is 7.45. The van der Waals surface area contributed by atoms with Gasteiger partial charge in [-0.1, -0.05) is 57.0 Å². The van der Waals surface area contributed by atoms with Crippen LogP contribution in [0.5, 0.6) is 5.75 Å². The minimum absolute atomic E-state index is 0.390. The van der Waals surface area contributed by atoms with E-state index in [1.807, 2.05) is 30.3 Å². The van der Waals surface area contributed by atoms with E-state index in [9.17, 15) is 0 Å². The topological polar surface area (TPSA) is 14.2 Å². The number of halogens is 2. The molecule has 1 atom stereocenters. The van der Waals surface area contributed by atoms with Crippen LogP contribution < -0.4 is 4.74 Å². The molecule has 4 rings (SSSR count). The Morgan fingerprint density at radius 1 is 0.846 bits per heavy atom. The lowest BCUT2D eigenvalue weighted by atomic mass is 10.2. The quantitative estimate of drug-likeness (QED) is 0.304. The molecule has 1 aromatic heterocycles. The van der Waals surface area contributed by atoms with Gasteiger partial charge in [-0.3, -0.25) is 0 Å². The van der Waals surface area contributed by atoms with Gasteiger partial charge in [0.1, 0.15) is 5.75 Å². The molecule has 0 saturated carbocycles. The van der Waals surface area contributed by atoms with Crippen molar-refractivity contribution in [1.82, 2.24) is 4.57 Å². The van der Waals surface area contributed by atoms with Crippen LogP contribution >= 0.6 is 31.9 Å². The van der Waals surface area contributed by atoms with Crippen molar-refractivity contribution in [3.8, 4) is 5.75 Å². The summed E-state index contributed by atoms with van der Waals surface area (Å²) >= 11 is 7.21. The maximum absolute atomic E-state index is 5.95. The maximum atomic E-state index is 5.95. The Morgan fingerprint density at radius 2 is 1.42 bits per heavy atom. The molecule has 1 heterocycles. The second-order valence-electron chi connectivity index (χ2n) is 6.66. The lowest BCUT2D eigenvalue weighted by Crippen LogP contribution is -2.15. The van der Waals surface area contributed by atoms with E-state index < -0.39 is 0 Å². The third kappa shape index (κ3) is 3.53. The zero-order valence-electron chi connectivity index (χ0n) is 14.5. The zero-order chi connectivity index (χ0) is 18.1. The highest BCUT2D eigenvalue weighted by Gasteiger charge is 2.14. The first-order valence-corrected chi connectivity index (χ1v) is 10.3. The summed E-state index contributed by atoms with van der Waals surface area (Å²) in [6, 6.07) is 23.0. The minimum Gasteiger partial charge on any atom is -0.493 e. The van der Waals surface area contributed by atoms with Crippen LogP contribution in [-0.4, -0.2) is 11.2 Å². The highest BCUT2D eigenvalue weighted by atomic mass is 79.9. The standard InChI is InChI=1S/C22H19Br2NO/c1-15(14-26-18-5-3-2-4-6-18)13-25-21-9-7-16(23)11-19(21)20-12-17(24)8-10-22(20)25/h2-12,15H,13-14H2,1H3/t15-/m1/s1. The average molecular weight is 473 g/mol. The third-order valence-electron chi connectivity index (χ3n) is 4.56. The van der Waals surface area contributed by atoms with Crippen molar-refractivity contribution in [1.29, 1.82) is 0 Å². The summed E-state index contributed by atoms with van der Waals surface area (Å²) in [7, 11) is 0. The van der Waals surface area contributed by atoms with Gasteiger partial charge in [0.25, 0.3) is 0 Å². The predicted molar refractivity (Wildman–Crippen MR) is 116 cm³/mol. The molecule has 0 radical (unpaired) electrons. The highest BCUT2D eigenvalue weighted by molar-refractivity contribution is 9.10. The summed E-state index contributed by atoms with van der Waals surface area (Å²) in [6.07, 6.45) is 0. The second-order valence-corrected chi connectivity index (χ2v) is 8.49. The number of hydrogen-bond donors (Lipinski definition) is 0. The molecule has 0 aliphatic heterocycles. The Balaban J connectivity index is 1.66. The Kier molecular flexibility index (Phi) is 5.05. The summed E-state index contributed by atoms with van der Waals surface area (Å²) in [6.45, 7) is 3.84. The van der Waals surface area contributed by atoms with Gasteiger partial charge in [-0.25, -0.2) is 0 Å². The summed E-state index contributed by atoms with van der Waals surface area (Å²) in [5.41, 5.74) is 2.51. The molecule has 3 aromatic carbocycles. The third-order valence-corrected chi connectivity index (χ3v) is 5.55. The summed E-state index contributed by atoms with van der Waals surface area (Å²) in [4.78, 5) is 0. The van der Waals surface area contributed by atoms with Crippen molar-refractivity contribution in [2.24, 2.45) is 5.92 Å². The lowest BCUT2D eigenvalue weighted by molar-refractivity contribution is 0.247. The molecule has 132 valence electrons. The van der Waals surface area contributed by atoms with Gasteiger partial charge >= 0.3 is 0 Å². The molecule has 26 heavy (non-hydrogen) atoms. The monoisotopic (exact) mass is 471 g/mol. The largest absolute Gasteiger partial charge is 0.493 e. The molecule has 0 saturated heterocycles. The number of aromatic nitrogens is 1. The van der Waals surface area contributed by atoms with Gasteiger partial charge < -0.3 is 9.30 Å². The van der Waals surface area contributed by atoms with Crippen molar-refractivity contribution < 1.29 is 4.74 Å². The fourth-order valence-electron chi connectivity index (χ4n) is 3.36. The molecule has 0 fully saturated rings. The molecule has 4 heteroatoms. The van der Waals surface area contributed by atoms with Gasteiger partial charge in [0.15, 0.2) is 0 Å². The van der Waals surface area contributed by atoms with Gasteiger partial charge in [-0.2, -0.15) is 0 Å². The number of fused-ring (bicyclic) bond motifs is 3. The van der Waals surface area contributed by atoms with Crippen molar-refractivity contribution in [3.63, 3.8) is 0 Å². The van der Waals surface area contributed by atoms with Gasteiger partial charge in [0.2, 0.25) is 0 Å². The Bertz CT molecular complexity index is 997.